The third-order valence-electron chi connectivity index (χ3n) is 4.34. The Morgan fingerprint density at radius 1 is 1.14 bits per heavy atom. The quantitative estimate of drug-likeness (QED) is 0.434. The van der Waals surface area contributed by atoms with E-state index in [0.29, 0.717) is 23.7 Å². The first-order chi connectivity index (χ1) is 13.4. The van der Waals surface area contributed by atoms with Crippen molar-refractivity contribution >= 4 is 39.2 Å². The summed E-state index contributed by atoms with van der Waals surface area (Å²) in [5.41, 5.74) is 3.71. The van der Waals surface area contributed by atoms with E-state index in [0.717, 1.165) is 27.0 Å². The van der Waals surface area contributed by atoms with Crippen LogP contribution in [0, 0.1) is 6.92 Å². The lowest BCUT2D eigenvalue weighted by Crippen LogP contribution is -2.07. The first kappa shape index (κ1) is 20.2. The lowest BCUT2D eigenvalue weighted by atomic mass is 10.1. The van der Waals surface area contributed by atoms with Crippen LogP contribution in [0.25, 0.3) is 0 Å². The predicted molar refractivity (Wildman–Crippen MR) is 115 cm³/mol. The molecule has 0 spiro atoms. The molecular formula is C22H19BrClNO3. The van der Waals surface area contributed by atoms with Gasteiger partial charge in [-0.05, 0) is 60.5 Å². The Morgan fingerprint density at radius 2 is 1.93 bits per heavy atom. The minimum absolute atomic E-state index is 0.289. The van der Waals surface area contributed by atoms with E-state index in [9.17, 15) is 9.90 Å². The van der Waals surface area contributed by atoms with E-state index in [2.05, 4.69) is 21.2 Å². The van der Waals surface area contributed by atoms with Crippen molar-refractivity contribution in [2.75, 3.05) is 5.32 Å². The summed E-state index contributed by atoms with van der Waals surface area (Å²) in [5, 5.41) is 13.3. The van der Waals surface area contributed by atoms with Gasteiger partial charge in [0, 0.05) is 27.3 Å². The van der Waals surface area contributed by atoms with Crippen molar-refractivity contribution in [2.24, 2.45) is 0 Å². The van der Waals surface area contributed by atoms with Gasteiger partial charge in [0.25, 0.3) is 0 Å². The molecule has 0 saturated heterocycles. The molecule has 0 fully saturated rings. The molecule has 3 aromatic rings. The number of ether oxygens (including phenoxy) is 1. The van der Waals surface area contributed by atoms with Gasteiger partial charge in [0.05, 0.1) is 5.56 Å². The van der Waals surface area contributed by atoms with Gasteiger partial charge in [-0.15, -0.1) is 0 Å². The van der Waals surface area contributed by atoms with Crippen LogP contribution in [-0.4, -0.2) is 11.1 Å². The number of hydrogen-bond donors (Lipinski definition) is 2. The molecule has 0 heterocycles. The highest BCUT2D eigenvalue weighted by Crippen LogP contribution is 2.27. The summed E-state index contributed by atoms with van der Waals surface area (Å²) in [6, 6.07) is 18.6. The number of anilines is 1. The fraction of sp³-hybridized carbons (Fsp3) is 0.136. The molecule has 144 valence electrons. The Kier molecular flexibility index (Phi) is 6.60. The van der Waals surface area contributed by atoms with Crippen LogP contribution in [0.2, 0.25) is 5.02 Å². The molecule has 0 amide bonds. The van der Waals surface area contributed by atoms with E-state index < -0.39 is 5.97 Å². The average molecular weight is 461 g/mol. The first-order valence-corrected chi connectivity index (χ1v) is 9.83. The Hall–Kier alpha value is -2.50. The van der Waals surface area contributed by atoms with Crippen LogP contribution < -0.4 is 10.1 Å². The summed E-state index contributed by atoms with van der Waals surface area (Å²) in [6.45, 7) is 2.69. The lowest BCUT2D eigenvalue weighted by Gasteiger charge is -2.15. The number of nitrogens with one attached hydrogen (secondary N) is 1. The largest absolute Gasteiger partial charge is 0.489 e. The van der Waals surface area contributed by atoms with Crippen LogP contribution in [-0.2, 0) is 13.2 Å². The molecular weight excluding hydrogens is 442 g/mol. The monoisotopic (exact) mass is 459 g/mol. The standard InChI is InChI=1S/C22H19BrClNO3/c1-14-19(22(26)27)6-3-7-20(14)25-12-16-11-17(23)8-9-21(16)28-13-15-4-2-5-18(24)10-15/h2-11,25H,12-13H2,1H3,(H,26,27). The molecule has 0 aliphatic heterocycles. The zero-order valence-corrected chi connectivity index (χ0v) is 17.5. The third kappa shape index (κ3) is 5.06. The predicted octanol–water partition coefficient (Wildman–Crippen LogP) is 6.30. The van der Waals surface area contributed by atoms with Crippen LogP contribution in [0.15, 0.2) is 65.1 Å². The number of hydrogen-bond acceptors (Lipinski definition) is 3. The summed E-state index contributed by atoms with van der Waals surface area (Å²) in [7, 11) is 0. The molecule has 0 unspecified atom stereocenters. The van der Waals surface area contributed by atoms with Gasteiger partial charge in [0.2, 0.25) is 0 Å². The Labute approximate surface area is 177 Å². The number of carboxylic acid groups (broad SMARTS) is 1. The zero-order valence-electron chi connectivity index (χ0n) is 15.2. The molecule has 3 rings (SSSR count). The van der Waals surface area contributed by atoms with Crippen LogP contribution >= 0.6 is 27.5 Å². The topological polar surface area (TPSA) is 58.6 Å². The molecule has 0 aromatic heterocycles. The van der Waals surface area contributed by atoms with Crippen LogP contribution in [0.5, 0.6) is 5.75 Å². The molecule has 28 heavy (non-hydrogen) atoms. The highest BCUT2D eigenvalue weighted by atomic mass is 79.9. The van der Waals surface area contributed by atoms with E-state index in [-0.39, 0.29) is 5.56 Å². The molecule has 6 heteroatoms. The summed E-state index contributed by atoms with van der Waals surface area (Å²) in [6.07, 6.45) is 0. The number of rotatable bonds is 7. The molecule has 4 nitrogen and oxygen atoms in total. The molecule has 0 aliphatic carbocycles. The highest BCUT2D eigenvalue weighted by molar-refractivity contribution is 9.10. The number of halogens is 2. The number of aromatic carboxylic acids is 1. The van der Waals surface area contributed by atoms with Crippen molar-refractivity contribution in [3.8, 4) is 5.75 Å². The van der Waals surface area contributed by atoms with Gasteiger partial charge >= 0.3 is 5.97 Å². The molecule has 0 bridgehead atoms. The van der Waals surface area contributed by atoms with Crippen LogP contribution in [0.4, 0.5) is 5.69 Å². The van der Waals surface area contributed by atoms with E-state index >= 15 is 0 Å². The average Bonchev–Trinajstić information content (AvgIpc) is 2.66. The van der Waals surface area contributed by atoms with Crippen molar-refractivity contribution in [3.63, 3.8) is 0 Å². The second kappa shape index (κ2) is 9.13. The SMILES string of the molecule is Cc1c(NCc2cc(Br)ccc2OCc2cccc(Cl)c2)cccc1C(=O)O. The van der Waals surface area contributed by atoms with Crippen molar-refractivity contribution in [1.29, 1.82) is 0 Å². The Bertz CT molecular complexity index is 1010. The van der Waals surface area contributed by atoms with Gasteiger partial charge in [-0.1, -0.05) is 45.7 Å². The van der Waals surface area contributed by atoms with E-state index in [1.807, 2.05) is 48.5 Å². The molecule has 3 aromatic carbocycles. The van der Waals surface area contributed by atoms with Gasteiger partial charge in [-0.3, -0.25) is 0 Å². The smallest absolute Gasteiger partial charge is 0.336 e. The number of carboxylic acids is 1. The van der Waals surface area contributed by atoms with Crippen molar-refractivity contribution < 1.29 is 14.6 Å². The summed E-state index contributed by atoms with van der Waals surface area (Å²) < 4.78 is 6.94. The van der Waals surface area contributed by atoms with Crippen molar-refractivity contribution in [2.45, 2.75) is 20.1 Å². The summed E-state index contributed by atoms with van der Waals surface area (Å²) in [5.74, 6) is -0.183. The van der Waals surface area contributed by atoms with E-state index in [1.165, 1.54) is 0 Å². The van der Waals surface area contributed by atoms with Crippen LogP contribution in [0.1, 0.15) is 27.0 Å². The fourth-order valence-electron chi connectivity index (χ4n) is 2.86. The van der Waals surface area contributed by atoms with Gasteiger partial charge in [0.1, 0.15) is 12.4 Å². The zero-order chi connectivity index (χ0) is 20.1. The maximum Gasteiger partial charge on any atom is 0.336 e. The van der Waals surface area contributed by atoms with E-state index in [1.54, 1.807) is 19.1 Å². The first-order valence-electron chi connectivity index (χ1n) is 8.66. The normalized spacial score (nSPS) is 10.5. The van der Waals surface area contributed by atoms with E-state index in [4.69, 9.17) is 16.3 Å². The van der Waals surface area contributed by atoms with Gasteiger partial charge < -0.3 is 15.2 Å². The minimum Gasteiger partial charge on any atom is -0.489 e. The summed E-state index contributed by atoms with van der Waals surface area (Å²) in [4.78, 5) is 11.3. The maximum atomic E-state index is 11.3. The second-order valence-corrected chi connectivity index (χ2v) is 7.66. The lowest BCUT2D eigenvalue weighted by molar-refractivity contribution is 0.0696. The van der Waals surface area contributed by atoms with Gasteiger partial charge in [0.15, 0.2) is 0 Å². The molecule has 2 N–H and O–H groups in total. The molecule has 0 atom stereocenters. The third-order valence-corrected chi connectivity index (χ3v) is 5.07. The number of benzene rings is 3. The minimum atomic E-state index is -0.936. The van der Waals surface area contributed by atoms with Crippen molar-refractivity contribution in [3.05, 3.63) is 92.4 Å². The molecule has 0 radical (unpaired) electrons. The molecule has 0 saturated carbocycles. The highest BCUT2D eigenvalue weighted by Gasteiger charge is 2.11. The number of carbonyl (C=O) groups is 1. The van der Waals surface area contributed by atoms with Gasteiger partial charge in [-0.25, -0.2) is 4.79 Å². The van der Waals surface area contributed by atoms with Gasteiger partial charge in [-0.2, -0.15) is 0 Å². The maximum absolute atomic E-state index is 11.3. The van der Waals surface area contributed by atoms with Crippen molar-refractivity contribution in [1.82, 2.24) is 0 Å². The summed E-state index contributed by atoms with van der Waals surface area (Å²) >= 11 is 9.53. The fourth-order valence-corrected chi connectivity index (χ4v) is 3.49. The Balaban J connectivity index is 1.76. The second-order valence-electron chi connectivity index (χ2n) is 6.31. The van der Waals surface area contributed by atoms with Crippen LogP contribution in [0.3, 0.4) is 0 Å². The molecule has 0 aliphatic rings. The Morgan fingerprint density at radius 3 is 2.68 bits per heavy atom.